The van der Waals surface area contributed by atoms with Gasteiger partial charge in [0.1, 0.15) is 9.84 Å². The van der Waals surface area contributed by atoms with E-state index in [1.54, 1.807) is 24.3 Å². The second-order valence-corrected chi connectivity index (χ2v) is 8.70. The molecule has 1 aromatic heterocycles. The largest absolute Gasteiger partial charge is 0.330 e. The first-order chi connectivity index (χ1) is 10.7. The number of urea groups is 1. The van der Waals surface area contributed by atoms with E-state index in [2.05, 4.69) is 15.6 Å². The number of rotatable bonds is 5. The number of aryl methyl sites for hydroxylation is 2. The second-order valence-electron chi connectivity index (χ2n) is 5.31. The molecule has 2 rings (SSSR count). The maximum Gasteiger partial charge on any atom is 0.321 e. The van der Waals surface area contributed by atoms with Crippen LogP contribution in [0.25, 0.3) is 0 Å². The Labute approximate surface area is 139 Å². The molecule has 1 aromatic carbocycles. The van der Waals surface area contributed by atoms with Gasteiger partial charge < -0.3 is 5.32 Å². The molecule has 0 aliphatic rings. The molecule has 0 fully saturated rings. The number of amides is 2. The third-order valence-electron chi connectivity index (χ3n) is 3.23. The number of hydrogen-bond acceptors (Lipinski definition) is 5. The fraction of sp³-hybridized carbons (Fsp3) is 0.333. The Kier molecular flexibility index (Phi) is 5.38. The number of hydrogen-bond donors (Lipinski definition) is 2. The molecule has 0 spiro atoms. The van der Waals surface area contributed by atoms with Gasteiger partial charge in [-0.15, -0.1) is 11.3 Å². The third-order valence-corrected chi connectivity index (χ3v) is 5.15. The number of thiazole rings is 1. The van der Waals surface area contributed by atoms with Crippen LogP contribution in [0.1, 0.15) is 22.2 Å². The average molecular weight is 353 g/mol. The summed E-state index contributed by atoms with van der Waals surface area (Å²) in [7, 11) is -3.25. The molecule has 124 valence electrons. The smallest absolute Gasteiger partial charge is 0.321 e. The van der Waals surface area contributed by atoms with Crippen LogP contribution in [-0.2, 0) is 9.84 Å². The molecule has 0 bridgehead atoms. The normalized spacial score (nSPS) is 12.7. The zero-order valence-electron chi connectivity index (χ0n) is 13.2. The Morgan fingerprint density at radius 2 is 1.91 bits per heavy atom. The van der Waals surface area contributed by atoms with Gasteiger partial charge in [-0.3, -0.25) is 5.32 Å². The molecule has 1 heterocycles. The van der Waals surface area contributed by atoms with E-state index >= 15 is 0 Å². The van der Waals surface area contributed by atoms with E-state index in [0.717, 1.165) is 22.4 Å². The number of sulfone groups is 1. The highest BCUT2D eigenvalue weighted by atomic mass is 32.2. The van der Waals surface area contributed by atoms with E-state index in [9.17, 15) is 13.2 Å². The first-order valence-electron chi connectivity index (χ1n) is 6.99. The molecule has 0 saturated heterocycles. The Bertz CT molecular complexity index is 766. The lowest BCUT2D eigenvalue weighted by Crippen LogP contribution is -2.36. The van der Waals surface area contributed by atoms with Crippen LogP contribution in [0.3, 0.4) is 0 Å². The number of nitrogens with zero attached hydrogens (tertiary/aromatic N) is 1. The fourth-order valence-electron chi connectivity index (χ4n) is 2.03. The fourth-order valence-corrected chi connectivity index (χ4v) is 3.72. The second kappa shape index (κ2) is 7.10. The van der Waals surface area contributed by atoms with Crippen LogP contribution in [-0.4, -0.2) is 31.4 Å². The highest BCUT2D eigenvalue weighted by molar-refractivity contribution is 7.90. The van der Waals surface area contributed by atoms with Crippen LogP contribution in [0, 0.1) is 13.8 Å². The summed E-state index contributed by atoms with van der Waals surface area (Å²) in [5.74, 6) is -0.166. The van der Waals surface area contributed by atoms with Gasteiger partial charge >= 0.3 is 6.03 Å². The van der Waals surface area contributed by atoms with Gasteiger partial charge in [-0.2, -0.15) is 0 Å². The van der Waals surface area contributed by atoms with Crippen LogP contribution in [0.5, 0.6) is 0 Å². The molecular weight excluding hydrogens is 334 g/mol. The van der Waals surface area contributed by atoms with Crippen LogP contribution in [0.15, 0.2) is 30.3 Å². The molecule has 6 nitrogen and oxygen atoms in total. The van der Waals surface area contributed by atoms with Gasteiger partial charge in [-0.05, 0) is 19.4 Å². The molecular formula is C15H19N3O3S2. The van der Waals surface area contributed by atoms with Gasteiger partial charge in [0.25, 0.3) is 0 Å². The van der Waals surface area contributed by atoms with E-state index in [-0.39, 0.29) is 5.75 Å². The van der Waals surface area contributed by atoms with Gasteiger partial charge in [0.15, 0.2) is 5.13 Å². The number of anilines is 1. The van der Waals surface area contributed by atoms with E-state index in [1.807, 2.05) is 19.9 Å². The van der Waals surface area contributed by atoms with E-state index in [1.165, 1.54) is 11.3 Å². The highest BCUT2D eigenvalue weighted by Crippen LogP contribution is 2.21. The first-order valence-corrected chi connectivity index (χ1v) is 9.86. The van der Waals surface area contributed by atoms with Crippen LogP contribution < -0.4 is 10.6 Å². The molecule has 0 aliphatic carbocycles. The number of aromatic nitrogens is 1. The summed E-state index contributed by atoms with van der Waals surface area (Å²) in [5.41, 5.74) is 1.60. The summed E-state index contributed by atoms with van der Waals surface area (Å²) in [5, 5.41) is 5.85. The summed E-state index contributed by atoms with van der Waals surface area (Å²) in [6.45, 7) is 3.79. The Balaban J connectivity index is 2.12. The minimum absolute atomic E-state index is 0.166. The summed E-state index contributed by atoms with van der Waals surface area (Å²) in [4.78, 5) is 17.4. The van der Waals surface area contributed by atoms with Crippen molar-refractivity contribution in [3.8, 4) is 0 Å². The molecule has 0 aliphatic heterocycles. The number of carbonyl (C=O) groups is 1. The van der Waals surface area contributed by atoms with Crippen molar-refractivity contribution in [2.45, 2.75) is 19.9 Å². The number of nitrogens with one attached hydrogen (secondary N) is 2. The van der Waals surface area contributed by atoms with Gasteiger partial charge in [0.05, 0.1) is 17.5 Å². The number of benzene rings is 1. The summed E-state index contributed by atoms with van der Waals surface area (Å²) in [6, 6.07) is 7.92. The van der Waals surface area contributed by atoms with Crippen molar-refractivity contribution >= 4 is 32.3 Å². The molecule has 0 unspecified atom stereocenters. The minimum Gasteiger partial charge on any atom is -0.330 e. The van der Waals surface area contributed by atoms with Crippen molar-refractivity contribution in [2.24, 2.45) is 0 Å². The van der Waals surface area contributed by atoms with Crippen molar-refractivity contribution in [1.29, 1.82) is 0 Å². The quantitative estimate of drug-likeness (QED) is 0.865. The van der Waals surface area contributed by atoms with Crippen molar-refractivity contribution < 1.29 is 13.2 Å². The zero-order valence-corrected chi connectivity index (χ0v) is 14.8. The molecule has 2 aromatic rings. The Morgan fingerprint density at radius 1 is 1.26 bits per heavy atom. The first kappa shape index (κ1) is 17.4. The standard InChI is InChI=1S/C15H19N3O3S2/c1-10-11(2)22-15(16-10)18-14(19)17-13(9-23(3,20)21)12-7-5-4-6-8-12/h4-8,13H,9H2,1-3H3,(H2,16,17,18,19)/t13-/m0/s1. The summed E-state index contributed by atoms with van der Waals surface area (Å²) in [6.07, 6.45) is 1.15. The SMILES string of the molecule is Cc1nc(NC(=O)N[C@@H](CS(C)(=O)=O)c2ccccc2)sc1C. The molecule has 0 radical (unpaired) electrons. The highest BCUT2D eigenvalue weighted by Gasteiger charge is 2.20. The lowest BCUT2D eigenvalue weighted by atomic mass is 10.1. The maximum absolute atomic E-state index is 12.2. The topological polar surface area (TPSA) is 88.2 Å². The van der Waals surface area contributed by atoms with E-state index in [4.69, 9.17) is 0 Å². The predicted octanol–water partition coefficient (Wildman–Crippen LogP) is 2.67. The Morgan fingerprint density at radius 3 is 2.43 bits per heavy atom. The molecule has 0 saturated carbocycles. The molecule has 8 heteroatoms. The average Bonchev–Trinajstić information content (AvgIpc) is 2.75. The number of carbonyl (C=O) groups excluding carboxylic acids is 1. The monoisotopic (exact) mass is 353 g/mol. The third kappa shape index (κ3) is 5.33. The van der Waals surface area contributed by atoms with Crippen molar-refractivity contribution in [1.82, 2.24) is 10.3 Å². The zero-order chi connectivity index (χ0) is 17.0. The van der Waals surface area contributed by atoms with Gasteiger partial charge in [-0.25, -0.2) is 18.2 Å². The molecule has 2 N–H and O–H groups in total. The van der Waals surface area contributed by atoms with Crippen molar-refractivity contribution in [2.75, 3.05) is 17.3 Å². The van der Waals surface area contributed by atoms with Gasteiger partial charge in [0, 0.05) is 11.1 Å². The lowest BCUT2D eigenvalue weighted by molar-refractivity contribution is 0.249. The van der Waals surface area contributed by atoms with E-state index in [0.29, 0.717) is 5.13 Å². The molecule has 2 amide bonds. The predicted molar refractivity (Wildman–Crippen MR) is 92.6 cm³/mol. The van der Waals surface area contributed by atoms with E-state index < -0.39 is 21.9 Å². The molecule has 1 atom stereocenters. The van der Waals surface area contributed by atoms with Crippen molar-refractivity contribution in [3.63, 3.8) is 0 Å². The van der Waals surface area contributed by atoms with Crippen LogP contribution in [0.4, 0.5) is 9.93 Å². The summed E-state index contributed by atoms with van der Waals surface area (Å²) < 4.78 is 23.2. The van der Waals surface area contributed by atoms with Crippen molar-refractivity contribution in [3.05, 3.63) is 46.5 Å². The molecule has 23 heavy (non-hydrogen) atoms. The lowest BCUT2D eigenvalue weighted by Gasteiger charge is -2.18. The van der Waals surface area contributed by atoms with Gasteiger partial charge in [0.2, 0.25) is 0 Å². The van der Waals surface area contributed by atoms with Crippen LogP contribution in [0.2, 0.25) is 0 Å². The summed E-state index contributed by atoms with van der Waals surface area (Å²) >= 11 is 1.38. The van der Waals surface area contributed by atoms with Crippen LogP contribution >= 0.6 is 11.3 Å². The maximum atomic E-state index is 12.2. The van der Waals surface area contributed by atoms with Gasteiger partial charge in [-0.1, -0.05) is 30.3 Å². The minimum atomic E-state index is -3.25. The Hall–Kier alpha value is -1.93.